The number of ether oxygens (including phenoxy) is 1. The Kier molecular flexibility index (Phi) is 9.92. The number of hydrogen-bond acceptors (Lipinski definition) is 7. The summed E-state index contributed by atoms with van der Waals surface area (Å²) in [6.07, 6.45) is 7.22. The lowest BCUT2D eigenvalue weighted by atomic mass is 9.90. The maximum Gasteiger partial charge on any atom is 0.404 e. The van der Waals surface area contributed by atoms with Crippen LogP contribution in [0.5, 0.6) is 0 Å². The summed E-state index contributed by atoms with van der Waals surface area (Å²) >= 11 is 1.63. The molecular weight excluding hydrogens is 448 g/mol. The maximum atomic E-state index is 12.6. The van der Waals surface area contributed by atoms with E-state index >= 15 is 0 Å². The molecule has 0 bridgehead atoms. The van der Waals surface area contributed by atoms with E-state index < -0.39 is 16.1 Å². The number of carbonyl (C=O) groups excluding carboxylic acids is 1. The van der Waals surface area contributed by atoms with Crippen LogP contribution in [0.25, 0.3) is 10.4 Å². The number of hydrogen-bond donors (Lipinski definition) is 3. The molecule has 0 aliphatic heterocycles. The lowest BCUT2D eigenvalue weighted by Crippen LogP contribution is -2.23. The molecule has 1 heterocycles. The van der Waals surface area contributed by atoms with Crippen molar-refractivity contribution in [1.29, 1.82) is 0 Å². The molecule has 3 rings (SSSR count). The van der Waals surface area contributed by atoms with Gasteiger partial charge in [0, 0.05) is 37.0 Å². The molecule has 0 radical (unpaired) electrons. The largest absolute Gasteiger partial charge is 0.447 e. The number of benzene rings is 1. The van der Waals surface area contributed by atoms with Gasteiger partial charge in [-0.3, -0.25) is 0 Å². The minimum Gasteiger partial charge on any atom is -0.447 e. The van der Waals surface area contributed by atoms with Gasteiger partial charge in [-0.25, -0.2) is 22.9 Å². The number of carbonyl (C=O) groups is 1. The average Bonchev–Trinajstić information content (AvgIpc) is 3.23. The van der Waals surface area contributed by atoms with Crippen molar-refractivity contribution >= 4 is 33.1 Å². The van der Waals surface area contributed by atoms with E-state index in [2.05, 4.69) is 25.5 Å². The number of aromatic nitrogens is 1. The summed E-state index contributed by atoms with van der Waals surface area (Å²) in [4.78, 5) is 15.6. The number of nitrogens with one attached hydrogen (secondary N) is 2. The first kappa shape index (κ1) is 26.1. The second kappa shape index (κ2) is 12.2. The summed E-state index contributed by atoms with van der Waals surface area (Å²) in [6.45, 7) is 5.63. The van der Waals surface area contributed by atoms with Gasteiger partial charge in [-0.15, -0.1) is 11.3 Å². The van der Waals surface area contributed by atoms with Gasteiger partial charge >= 0.3 is 6.09 Å². The summed E-state index contributed by atoms with van der Waals surface area (Å²) in [6, 6.07) is 5.46. The molecule has 0 atom stereocenters. The van der Waals surface area contributed by atoms with Crippen LogP contribution < -0.4 is 15.8 Å². The molecule has 0 unspecified atom stereocenters. The van der Waals surface area contributed by atoms with Crippen molar-refractivity contribution in [3.05, 3.63) is 29.4 Å². The average molecular weight is 483 g/mol. The molecule has 1 saturated carbocycles. The first-order chi connectivity index (χ1) is 15.2. The van der Waals surface area contributed by atoms with Crippen LogP contribution in [0.4, 0.5) is 10.5 Å². The first-order valence-corrected chi connectivity index (χ1v) is 13.2. The Hall–Kier alpha value is -2.17. The van der Waals surface area contributed by atoms with Crippen LogP contribution in [0.2, 0.25) is 0 Å². The Morgan fingerprint density at radius 3 is 2.50 bits per heavy atom. The Morgan fingerprint density at radius 1 is 1.28 bits per heavy atom. The lowest BCUT2D eigenvalue weighted by molar-refractivity contribution is 0.125. The number of anilines is 1. The molecular formula is C22H34N4O4S2. The van der Waals surface area contributed by atoms with E-state index in [4.69, 9.17) is 0 Å². The molecule has 1 fully saturated rings. The number of amides is 1. The smallest absolute Gasteiger partial charge is 0.404 e. The summed E-state index contributed by atoms with van der Waals surface area (Å²) in [5, 5.41) is 4.15. The topological polar surface area (TPSA) is 123 Å². The number of rotatable bonds is 7. The predicted octanol–water partition coefficient (Wildman–Crippen LogP) is 4.69. The normalized spacial score (nSPS) is 14.5. The monoisotopic (exact) mass is 482 g/mol. The zero-order valence-corrected chi connectivity index (χ0v) is 20.8. The van der Waals surface area contributed by atoms with E-state index in [1.165, 1.54) is 32.1 Å². The summed E-state index contributed by atoms with van der Waals surface area (Å²) in [5.41, 5.74) is 6.13. The van der Waals surface area contributed by atoms with Gasteiger partial charge in [0.15, 0.2) is 0 Å². The highest BCUT2D eigenvalue weighted by Gasteiger charge is 2.23. The van der Waals surface area contributed by atoms with Crippen LogP contribution in [0.1, 0.15) is 63.8 Å². The van der Waals surface area contributed by atoms with Crippen molar-refractivity contribution in [2.45, 2.75) is 69.8 Å². The predicted molar refractivity (Wildman–Crippen MR) is 130 cm³/mol. The van der Waals surface area contributed by atoms with Crippen molar-refractivity contribution in [2.75, 3.05) is 18.9 Å². The van der Waals surface area contributed by atoms with Crippen LogP contribution in [0, 0.1) is 0 Å². The van der Waals surface area contributed by atoms with Gasteiger partial charge < -0.3 is 15.8 Å². The molecule has 10 heteroatoms. The highest BCUT2D eigenvalue weighted by Crippen LogP contribution is 2.39. The molecule has 8 nitrogen and oxygen atoms in total. The Bertz CT molecular complexity index is 984. The van der Waals surface area contributed by atoms with Crippen LogP contribution >= 0.6 is 11.3 Å². The van der Waals surface area contributed by atoms with Gasteiger partial charge in [0.1, 0.15) is 0 Å². The van der Waals surface area contributed by atoms with Crippen molar-refractivity contribution in [1.82, 2.24) is 9.71 Å². The van der Waals surface area contributed by atoms with Crippen molar-refractivity contribution in [2.24, 2.45) is 5.73 Å². The quantitative estimate of drug-likeness (QED) is 0.526. The molecule has 0 spiro atoms. The third-order valence-corrected chi connectivity index (χ3v) is 7.77. The van der Waals surface area contributed by atoms with Crippen LogP contribution in [0.15, 0.2) is 29.3 Å². The Balaban J connectivity index is 0.000000451. The molecule has 1 aromatic heterocycles. The molecule has 0 saturated heterocycles. The lowest BCUT2D eigenvalue weighted by Gasteiger charge is -2.18. The highest BCUT2D eigenvalue weighted by atomic mass is 32.2. The summed E-state index contributed by atoms with van der Waals surface area (Å²) in [7, 11) is -1.76. The molecule has 1 aliphatic rings. The van der Waals surface area contributed by atoms with Crippen LogP contribution in [-0.2, 0) is 14.8 Å². The van der Waals surface area contributed by atoms with E-state index in [9.17, 15) is 13.2 Å². The third-order valence-electron chi connectivity index (χ3n) is 4.99. The van der Waals surface area contributed by atoms with Crippen LogP contribution in [-0.4, -0.2) is 39.2 Å². The number of sulfonamides is 1. The third kappa shape index (κ3) is 7.46. The molecule has 2 aromatic rings. The minimum atomic E-state index is -3.55. The molecule has 1 amide bonds. The van der Waals surface area contributed by atoms with E-state index in [1.54, 1.807) is 45.2 Å². The SMILES string of the molecule is CC(C)OC(N)=O.CCNS(=O)(=O)c1cc(NC)ccc1-c1cnc(C2CCCCC2)s1. The van der Waals surface area contributed by atoms with Gasteiger partial charge in [0.2, 0.25) is 10.0 Å². The number of primary amides is 1. The second-order valence-electron chi connectivity index (χ2n) is 7.85. The number of thiazole rings is 1. The molecule has 1 aromatic carbocycles. The number of nitrogens with two attached hydrogens (primary N) is 1. The first-order valence-electron chi connectivity index (χ1n) is 10.9. The van der Waals surface area contributed by atoms with Crippen LogP contribution in [0.3, 0.4) is 0 Å². The fourth-order valence-electron chi connectivity index (χ4n) is 3.55. The standard InChI is InChI=1S/C18H25N3O2S2.C4H9NO2/c1-3-21-25(22,23)17-11-14(19-2)9-10-15(17)16-12-20-18(24-16)13-7-5-4-6-8-13;1-3(2)7-4(5)6/h9-13,19,21H,3-8H2,1-2H3;3H,1-2H3,(H2,5,6). The molecule has 4 N–H and O–H groups in total. The zero-order valence-electron chi connectivity index (χ0n) is 19.2. The van der Waals surface area contributed by atoms with E-state index in [1.807, 2.05) is 18.3 Å². The highest BCUT2D eigenvalue weighted by molar-refractivity contribution is 7.89. The van der Waals surface area contributed by atoms with Crippen molar-refractivity contribution < 1.29 is 17.9 Å². The van der Waals surface area contributed by atoms with E-state index in [0.29, 0.717) is 17.4 Å². The van der Waals surface area contributed by atoms with Gasteiger partial charge in [-0.05, 0) is 38.8 Å². The molecule has 32 heavy (non-hydrogen) atoms. The fraction of sp³-hybridized carbons (Fsp3) is 0.545. The maximum absolute atomic E-state index is 12.6. The zero-order chi connectivity index (χ0) is 23.7. The van der Waals surface area contributed by atoms with Gasteiger partial charge in [0.05, 0.1) is 20.9 Å². The fourth-order valence-corrected chi connectivity index (χ4v) is 6.03. The minimum absolute atomic E-state index is 0.0995. The number of nitrogens with zero attached hydrogens (tertiary/aromatic N) is 1. The van der Waals surface area contributed by atoms with Crippen molar-refractivity contribution in [3.63, 3.8) is 0 Å². The second-order valence-corrected chi connectivity index (χ2v) is 10.6. The van der Waals surface area contributed by atoms with Gasteiger partial charge in [-0.2, -0.15) is 0 Å². The Labute approximate surface area is 195 Å². The van der Waals surface area contributed by atoms with Gasteiger partial charge in [0.25, 0.3) is 0 Å². The Morgan fingerprint density at radius 2 is 1.97 bits per heavy atom. The molecule has 1 aliphatic carbocycles. The molecule has 178 valence electrons. The summed E-state index contributed by atoms with van der Waals surface area (Å²) < 4.78 is 32.3. The van der Waals surface area contributed by atoms with Gasteiger partial charge in [-0.1, -0.05) is 32.3 Å². The summed E-state index contributed by atoms with van der Waals surface area (Å²) in [5.74, 6) is 0.526. The van der Waals surface area contributed by atoms with E-state index in [-0.39, 0.29) is 6.10 Å². The van der Waals surface area contributed by atoms with E-state index in [0.717, 1.165) is 21.1 Å². The van der Waals surface area contributed by atoms with Crippen molar-refractivity contribution in [3.8, 4) is 10.4 Å².